The number of hydrogen-bond donors (Lipinski definition) is 4. The maximum absolute atomic E-state index is 14.1. The number of alkyl halides is 3. The second kappa shape index (κ2) is 10.7. The van der Waals surface area contributed by atoms with Crippen molar-refractivity contribution in [2.75, 3.05) is 12.1 Å². The fourth-order valence-corrected chi connectivity index (χ4v) is 5.88. The van der Waals surface area contributed by atoms with Crippen LogP contribution in [-0.2, 0) is 20.6 Å². The van der Waals surface area contributed by atoms with Gasteiger partial charge >= 0.3 is 12.1 Å². The second-order valence-corrected chi connectivity index (χ2v) is 11.4. The summed E-state index contributed by atoms with van der Waals surface area (Å²) in [6.45, 7) is 5.88. The van der Waals surface area contributed by atoms with E-state index in [1.54, 1.807) is 18.4 Å². The molecule has 11 nitrogen and oxygen atoms in total. The van der Waals surface area contributed by atoms with Gasteiger partial charge in [0.2, 0.25) is 7.44 Å². The number of anilines is 1. The van der Waals surface area contributed by atoms with Gasteiger partial charge in [0.05, 0.1) is 19.0 Å². The van der Waals surface area contributed by atoms with Crippen molar-refractivity contribution in [3.8, 4) is 0 Å². The number of nitrogen functional groups attached to an aromatic ring is 1. The summed E-state index contributed by atoms with van der Waals surface area (Å²) in [5.74, 6) is -1.22. The molecule has 1 aromatic carbocycles. The average molecular weight is 543 g/mol. The van der Waals surface area contributed by atoms with Crippen molar-refractivity contribution in [3.63, 3.8) is 0 Å². The Kier molecular flexibility index (Phi) is 8.27. The Labute approximate surface area is 211 Å². The van der Waals surface area contributed by atoms with Gasteiger partial charge in [-0.3, -0.25) is 9.36 Å². The molecular weight excluding hydrogens is 514 g/mol. The third kappa shape index (κ3) is 7.04. The van der Waals surface area contributed by atoms with Gasteiger partial charge in [-0.05, 0) is 33.3 Å². The summed E-state index contributed by atoms with van der Waals surface area (Å²) in [6.07, 6.45) is -3.52. The van der Waals surface area contributed by atoms with E-state index in [1.807, 2.05) is 0 Å². The zero-order valence-corrected chi connectivity index (χ0v) is 21.5. The van der Waals surface area contributed by atoms with Crippen LogP contribution in [0.3, 0.4) is 0 Å². The molecule has 0 fully saturated rings. The van der Waals surface area contributed by atoms with Crippen molar-refractivity contribution < 1.29 is 32.4 Å². The summed E-state index contributed by atoms with van der Waals surface area (Å²) in [4.78, 5) is 23.8. The van der Waals surface area contributed by atoms with Gasteiger partial charge in [0, 0.05) is 0 Å². The number of ether oxygens (including phenoxy) is 1. The second-order valence-electron chi connectivity index (χ2n) is 9.23. The van der Waals surface area contributed by atoms with Crippen molar-refractivity contribution in [1.82, 2.24) is 29.7 Å². The van der Waals surface area contributed by atoms with E-state index < -0.39 is 43.6 Å². The van der Waals surface area contributed by atoms with Crippen LogP contribution in [0.25, 0.3) is 11.2 Å². The number of carboxylic acid groups (broad SMARTS) is 1. The number of imidazole rings is 1. The fraction of sp³-hybridized carbons (Fsp3) is 0.455. The third-order valence-electron chi connectivity index (χ3n) is 5.49. The molecule has 1 unspecified atom stereocenters. The standard InChI is InChI=1S/C22H29F3N7O4P/c1-13-5-7-15(8-6-13)17(22(23,24)25)30-37(35,31-21(3,4)20(33)34)12-36-14(2)9-32-11-29-16-18(26)27-10-28-19(16)32/h5-8,10-11,14,17H,9,12H2,1-4H3,(H,33,34)(H2,26,27,28)(H2,30,31,35)/t14-,17+,37?/m0/s1. The van der Waals surface area contributed by atoms with Gasteiger partial charge in [0.1, 0.15) is 29.8 Å². The summed E-state index contributed by atoms with van der Waals surface area (Å²) in [7, 11) is -4.32. The minimum absolute atomic E-state index is 0.149. The molecule has 3 rings (SSSR count). The van der Waals surface area contributed by atoms with E-state index in [-0.39, 0.29) is 17.9 Å². The Bertz CT molecular complexity index is 1300. The van der Waals surface area contributed by atoms with Crippen molar-refractivity contribution in [2.24, 2.45) is 0 Å². The molecule has 15 heteroatoms. The lowest BCUT2D eigenvalue weighted by Gasteiger charge is -2.33. The Hall–Kier alpha value is -3.06. The number of nitrogens with two attached hydrogens (primary N) is 1. The number of aliphatic carboxylic acids is 1. The highest BCUT2D eigenvalue weighted by molar-refractivity contribution is 7.59. The van der Waals surface area contributed by atoms with Crippen LogP contribution in [0.15, 0.2) is 36.9 Å². The molecule has 3 atom stereocenters. The number of nitrogens with zero attached hydrogens (tertiary/aromatic N) is 4. The lowest BCUT2D eigenvalue weighted by atomic mass is 10.1. The van der Waals surface area contributed by atoms with Crippen molar-refractivity contribution in [1.29, 1.82) is 0 Å². The Morgan fingerprint density at radius 1 is 1.22 bits per heavy atom. The smallest absolute Gasteiger partial charge is 0.408 e. The lowest BCUT2D eigenvalue weighted by molar-refractivity contribution is -0.153. The first-order chi connectivity index (χ1) is 17.1. The molecule has 0 saturated heterocycles. The minimum atomic E-state index is -4.83. The van der Waals surface area contributed by atoms with Crippen LogP contribution in [-0.4, -0.2) is 54.8 Å². The molecule has 2 heterocycles. The van der Waals surface area contributed by atoms with Gasteiger partial charge in [-0.25, -0.2) is 25.1 Å². The Morgan fingerprint density at radius 3 is 2.46 bits per heavy atom. The van der Waals surface area contributed by atoms with Gasteiger partial charge < -0.3 is 20.1 Å². The molecule has 0 aliphatic rings. The highest BCUT2D eigenvalue weighted by Gasteiger charge is 2.46. The van der Waals surface area contributed by atoms with E-state index in [9.17, 15) is 27.6 Å². The maximum Gasteiger partial charge on any atom is 0.408 e. The van der Waals surface area contributed by atoms with Crippen LogP contribution >= 0.6 is 7.44 Å². The van der Waals surface area contributed by atoms with Crippen LogP contribution in [0, 0.1) is 6.92 Å². The van der Waals surface area contributed by atoms with Gasteiger partial charge in [-0.15, -0.1) is 0 Å². The summed E-state index contributed by atoms with van der Waals surface area (Å²) < 4.78 is 63.3. The number of hydrogen-bond acceptors (Lipinski definition) is 7. The molecule has 0 aliphatic carbocycles. The molecule has 0 bridgehead atoms. The first-order valence-electron chi connectivity index (χ1n) is 11.2. The quantitative estimate of drug-likeness (QED) is 0.263. The Morgan fingerprint density at radius 2 is 1.86 bits per heavy atom. The largest absolute Gasteiger partial charge is 0.480 e. The van der Waals surface area contributed by atoms with Crippen molar-refractivity contribution >= 4 is 30.4 Å². The topological polar surface area (TPSA) is 157 Å². The number of rotatable bonds is 11. The zero-order chi connectivity index (χ0) is 27.6. The molecule has 37 heavy (non-hydrogen) atoms. The van der Waals surface area contributed by atoms with Gasteiger partial charge in [-0.2, -0.15) is 13.2 Å². The van der Waals surface area contributed by atoms with E-state index in [0.29, 0.717) is 11.2 Å². The van der Waals surface area contributed by atoms with E-state index >= 15 is 0 Å². The molecular formula is C22H29F3N7O4P. The molecule has 202 valence electrons. The lowest BCUT2D eigenvalue weighted by Crippen LogP contribution is -2.49. The molecule has 0 radical (unpaired) electrons. The SMILES string of the molecule is Cc1ccc([C@@H](NP(=O)(CO[C@@H](C)Cn2cnc3c(N)ncnc32)NC(C)(C)C(=O)O)C(F)(F)F)cc1. The number of carboxylic acids is 1. The molecule has 5 N–H and O–H groups in total. The summed E-state index contributed by atoms with van der Waals surface area (Å²) in [6, 6.07) is 3.20. The van der Waals surface area contributed by atoms with E-state index in [4.69, 9.17) is 10.5 Å². The van der Waals surface area contributed by atoms with Crippen molar-refractivity contribution in [3.05, 3.63) is 48.0 Å². The third-order valence-corrected chi connectivity index (χ3v) is 7.60. The van der Waals surface area contributed by atoms with E-state index in [0.717, 1.165) is 5.56 Å². The predicted molar refractivity (Wildman–Crippen MR) is 131 cm³/mol. The van der Waals surface area contributed by atoms with Crippen LogP contribution in [0.1, 0.15) is 37.9 Å². The van der Waals surface area contributed by atoms with Gasteiger partial charge in [0.25, 0.3) is 0 Å². The summed E-state index contributed by atoms with van der Waals surface area (Å²) in [5.41, 5.74) is 5.32. The number of benzene rings is 1. The predicted octanol–water partition coefficient (Wildman–Crippen LogP) is 3.62. The van der Waals surface area contributed by atoms with E-state index in [2.05, 4.69) is 25.1 Å². The van der Waals surface area contributed by atoms with Crippen LogP contribution in [0.2, 0.25) is 0 Å². The summed E-state index contributed by atoms with van der Waals surface area (Å²) in [5, 5.41) is 14.0. The zero-order valence-electron chi connectivity index (χ0n) is 20.7. The van der Waals surface area contributed by atoms with E-state index in [1.165, 1.54) is 50.8 Å². The first-order valence-corrected chi connectivity index (χ1v) is 13.1. The number of carbonyl (C=O) groups is 1. The number of halogens is 3. The number of fused-ring (bicyclic) bond motifs is 1. The molecule has 0 aliphatic heterocycles. The van der Waals surface area contributed by atoms with Crippen molar-refractivity contribution in [2.45, 2.75) is 58.1 Å². The number of aryl methyl sites for hydroxylation is 1. The Balaban J connectivity index is 1.85. The van der Waals surface area contributed by atoms with Gasteiger partial charge in [0.15, 0.2) is 11.5 Å². The molecule has 0 spiro atoms. The van der Waals surface area contributed by atoms with Gasteiger partial charge in [-0.1, -0.05) is 29.8 Å². The van der Waals surface area contributed by atoms with Crippen LogP contribution < -0.4 is 15.9 Å². The number of aromatic nitrogens is 4. The fourth-order valence-electron chi connectivity index (χ4n) is 3.50. The minimum Gasteiger partial charge on any atom is -0.480 e. The van der Waals surface area contributed by atoms with Crippen LogP contribution in [0.4, 0.5) is 19.0 Å². The number of nitrogens with one attached hydrogen (secondary N) is 2. The molecule has 2 aromatic heterocycles. The summed E-state index contributed by atoms with van der Waals surface area (Å²) >= 11 is 0. The van der Waals surface area contributed by atoms with Crippen LogP contribution in [0.5, 0.6) is 0 Å². The molecule has 0 amide bonds. The monoisotopic (exact) mass is 543 g/mol. The molecule has 3 aromatic rings. The highest BCUT2D eigenvalue weighted by Crippen LogP contribution is 2.46. The normalized spacial score (nSPS) is 15.9. The first kappa shape index (κ1) is 28.5. The average Bonchev–Trinajstić information content (AvgIpc) is 3.20. The highest BCUT2D eigenvalue weighted by atomic mass is 31.2. The maximum atomic E-state index is 14.1. The molecule has 0 saturated carbocycles.